The van der Waals surface area contributed by atoms with Gasteiger partial charge < -0.3 is 10.0 Å². The quantitative estimate of drug-likeness (QED) is 0.645. The number of nitrogens with zero attached hydrogens (tertiary/aromatic N) is 2. The van der Waals surface area contributed by atoms with E-state index in [1.165, 1.54) is 4.90 Å². The number of halogens is 2. The summed E-state index contributed by atoms with van der Waals surface area (Å²) in [7, 11) is 0. The van der Waals surface area contributed by atoms with Gasteiger partial charge in [0.05, 0.1) is 16.0 Å². The predicted octanol–water partition coefficient (Wildman–Crippen LogP) is 2.93. The number of carboxylic acids is 1. The second-order valence-electron chi connectivity index (χ2n) is 4.68. The van der Waals surface area contributed by atoms with E-state index in [1.54, 1.807) is 0 Å². The molecule has 1 N–H and O–H groups in total. The van der Waals surface area contributed by atoms with Crippen LogP contribution in [0.4, 0.5) is 15.8 Å². The van der Waals surface area contributed by atoms with Crippen molar-refractivity contribution in [3.63, 3.8) is 0 Å². The summed E-state index contributed by atoms with van der Waals surface area (Å²) < 4.78 is 13.3. The summed E-state index contributed by atoms with van der Waals surface area (Å²) in [5.41, 5.74) is -0.508. The summed E-state index contributed by atoms with van der Waals surface area (Å²) >= 11 is 5.64. The number of aliphatic carboxylic acids is 1. The van der Waals surface area contributed by atoms with Gasteiger partial charge in [-0.2, -0.15) is 0 Å². The SMILES string of the molecule is CC(C)CN(CC(=O)O)c1cc(Cl)c(F)cc1[N+](=O)[O-]. The van der Waals surface area contributed by atoms with Gasteiger partial charge in [-0.25, -0.2) is 4.39 Å². The first-order chi connectivity index (χ1) is 9.22. The maximum absolute atomic E-state index is 13.3. The topological polar surface area (TPSA) is 83.7 Å². The van der Waals surface area contributed by atoms with Crippen molar-refractivity contribution in [2.24, 2.45) is 5.92 Å². The lowest BCUT2D eigenvalue weighted by molar-refractivity contribution is -0.384. The molecule has 0 aliphatic rings. The third-order valence-electron chi connectivity index (χ3n) is 2.47. The van der Waals surface area contributed by atoms with Crippen molar-refractivity contribution in [2.75, 3.05) is 18.0 Å². The summed E-state index contributed by atoms with van der Waals surface area (Å²) in [6.07, 6.45) is 0. The van der Waals surface area contributed by atoms with Crippen molar-refractivity contribution >= 4 is 28.9 Å². The Kier molecular flexibility index (Phi) is 5.26. The lowest BCUT2D eigenvalue weighted by Crippen LogP contribution is -2.33. The number of rotatable bonds is 6. The molecular formula is C12H14ClFN2O4. The van der Waals surface area contributed by atoms with Crippen LogP contribution in [0.1, 0.15) is 13.8 Å². The van der Waals surface area contributed by atoms with Gasteiger partial charge in [0.2, 0.25) is 0 Å². The van der Waals surface area contributed by atoms with Crippen molar-refractivity contribution < 1.29 is 19.2 Å². The molecule has 6 nitrogen and oxygen atoms in total. The van der Waals surface area contributed by atoms with Crippen LogP contribution in [0.2, 0.25) is 5.02 Å². The molecule has 1 aromatic rings. The van der Waals surface area contributed by atoms with Crippen LogP contribution in [0, 0.1) is 21.8 Å². The van der Waals surface area contributed by atoms with Gasteiger partial charge in [0.1, 0.15) is 18.0 Å². The van der Waals surface area contributed by atoms with Crippen molar-refractivity contribution in [1.82, 2.24) is 0 Å². The molecule has 0 saturated heterocycles. The minimum Gasteiger partial charge on any atom is -0.480 e. The predicted molar refractivity (Wildman–Crippen MR) is 72.8 cm³/mol. The number of nitro benzene ring substituents is 1. The molecule has 1 aromatic carbocycles. The highest BCUT2D eigenvalue weighted by molar-refractivity contribution is 6.31. The normalized spacial score (nSPS) is 10.7. The third kappa shape index (κ3) is 4.06. The fourth-order valence-corrected chi connectivity index (χ4v) is 1.94. The van der Waals surface area contributed by atoms with Gasteiger partial charge in [0.25, 0.3) is 5.69 Å². The van der Waals surface area contributed by atoms with Gasteiger partial charge in [-0.3, -0.25) is 14.9 Å². The van der Waals surface area contributed by atoms with E-state index in [4.69, 9.17) is 16.7 Å². The molecule has 0 bridgehead atoms. The molecule has 0 saturated carbocycles. The zero-order valence-corrected chi connectivity index (χ0v) is 11.7. The third-order valence-corrected chi connectivity index (χ3v) is 2.76. The van der Waals surface area contributed by atoms with Crippen molar-refractivity contribution in [1.29, 1.82) is 0 Å². The van der Waals surface area contributed by atoms with E-state index in [2.05, 4.69) is 0 Å². The summed E-state index contributed by atoms with van der Waals surface area (Å²) in [4.78, 5) is 22.4. The average Bonchev–Trinajstić information content (AvgIpc) is 2.29. The van der Waals surface area contributed by atoms with E-state index in [1.807, 2.05) is 13.8 Å². The van der Waals surface area contributed by atoms with Crippen molar-refractivity contribution in [2.45, 2.75) is 13.8 Å². The zero-order valence-electron chi connectivity index (χ0n) is 11.0. The number of carbonyl (C=O) groups is 1. The van der Waals surface area contributed by atoms with Crippen molar-refractivity contribution in [3.8, 4) is 0 Å². The number of hydrogen-bond donors (Lipinski definition) is 1. The molecule has 0 unspecified atom stereocenters. The Balaban J connectivity index is 3.33. The molecule has 0 aliphatic heterocycles. The summed E-state index contributed by atoms with van der Waals surface area (Å²) in [5.74, 6) is -1.99. The van der Waals surface area contributed by atoms with Gasteiger partial charge >= 0.3 is 5.97 Å². The number of nitro groups is 1. The van der Waals surface area contributed by atoms with E-state index in [9.17, 15) is 19.3 Å². The molecule has 0 atom stereocenters. The molecule has 0 heterocycles. The number of benzene rings is 1. The van der Waals surface area contributed by atoms with Crippen LogP contribution in [0.3, 0.4) is 0 Å². The first-order valence-corrected chi connectivity index (χ1v) is 6.20. The Labute approximate surface area is 119 Å². The number of carboxylic acid groups (broad SMARTS) is 1. The second-order valence-corrected chi connectivity index (χ2v) is 5.09. The lowest BCUT2D eigenvalue weighted by atomic mass is 10.1. The summed E-state index contributed by atoms with van der Waals surface area (Å²) in [6, 6.07) is 1.78. The highest BCUT2D eigenvalue weighted by Gasteiger charge is 2.24. The first kappa shape index (κ1) is 16.2. The minimum absolute atomic E-state index is 0.00231. The molecule has 110 valence electrons. The van der Waals surface area contributed by atoms with Gasteiger partial charge in [0, 0.05) is 6.54 Å². The fourth-order valence-electron chi connectivity index (χ4n) is 1.78. The van der Waals surface area contributed by atoms with Crippen LogP contribution >= 0.6 is 11.6 Å². The van der Waals surface area contributed by atoms with Crippen LogP contribution in [0.25, 0.3) is 0 Å². The van der Waals surface area contributed by atoms with Crippen LogP contribution in [-0.4, -0.2) is 29.1 Å². The lowest BCUT2D eigenvalue weighted by Gasteiger charge is -2.24. The zero-order chi connectivity index (χ0) is 15.4. The largest absolute Gasteiger partial charge is 0.480 e. The Morgan fingerprint density at radius 3 is 2.60 bits per heavy atom. The number of hydrogen-bond acceptors (Lipinski definition) is 4. The molecular weight excluding hydrogens is 291 g/mol. The molecule has 0 aromatic heterocycles. The van der Waals surface area contributed by atoms with Gasteiger partial charge in [-0.05, 0) is 12.0 Å². The molecule has 8 heteroatoms. The molecule has 0 fully saturated rings. The summed E-state index contributed by atoms with van der Waals surface area (Å²) in [6.45, 7) is 3.52. The summed E-state index contributed by atoms with van der Waals surface area (Å²) in [5, 5.41) is 19.6. The Morgan fingerprint density at radius 2 is 2.15 bits per heavy atom. The van der Waals surface area contributed by atoms with Crippen molar-refractivity contribution in [3.05, 3.63) is 33.1 Å². The van der Waals surface area contributed by atoms with Crippen LogP contribution in [0.15, 0.2) is 12.1 Å². The maximum Gasteiger partial charge on any atom is 0.323 e. The smallest absolute Gasteiger partial charge is 0.323 e. The van der Waals surface area contributed by atoms with Crippen LogP contribution < -0.4 is 4.90 Å². The highest BCUT2D eigenvalue weighted by atomic mass is 35.5. The van der Waals surface area contributed by atoms with Crippen LogP contribution in [-0.2, 0) is 4.79 Å². The van der Waals surface area contributed by atoms with Gasteiger partial charge in [-0.15, -0.1) is 0 Å². The second kappa shape index (κ2) is 6.51. The standard InChI is InChI=1S/C12H14ClFN2O4/c1-7(2)5-15(6-12(17)18)10-3-8(13)9(14)4-11(10)16(19)20/h3-4,7H,5-6H2,1-2H3,(H,17,18). The Bertz CT molecular complexity index is 536. The molecule has 0 amide bonds. The monoisotopic (exact) mass is 304 g/mol. The van der Waals surface area contributed by atoms with E-state index in [-0.39, 0.29) is 23.2 Å². The Morgan fingerprint density at radius 1 is 1.55 bits per heavy atom. The maximum atomic E-state index is 13.3. The molecule has 20 heavy (non-hydrogen) atoms. The highest BCUT2D eigenvalue weighted by Crippen LogP contribution is 2.33. The van der Waals surface area contributed by atoms with Gasteiger partial charge in [0.15, 0.2) is 0 Å². The molecule has 0 spiro atoms. The number of anilines is 1. The average molecular weight is 305 g/mol. The molecule has 0 aliphatic carbocycles. The van der Waals surface area contributed by atoms with Crippen LogP contribution in [0.5, 0.6) is 0 Å². The molecule has 0 radical (unpaired) electrons. The Hall–Kier alpha value is -1.89. The van der Waals surface area contributed by atoms with E-state index < -0.39 is 28.9 Å². The van der Waals surface area contributed by atoms with Gasteiger partial charge in [-0.1, -0.05) is 25.4 Å². The first-order valence-electron chi connectivity index (χ1n) is 5.82. The van der Waals surface area contributed by atoms with E-state index in [0.29, 0.717) is 6.07 Å². The van der Waals surface area contributed by atoms with E-state index in [0.717, 1.165) is 6.07 Å². The molecule has 1 rings (SSSR count). The van der Waals surface area contributed by atoms with E-state index >= 15 is 0 Å². The fraction of sp³-hybridized carbons (Fsp3) is 0.417. The minimum atomic E-state index is -1.14.